The minimum atomic E-state index is 0.00371. The lowest BCUT2D eigenvalue weighted by Gasteiger charge is -2.22. The van der Waals surface area contributed by atoms with Crippen LogP contribution in [0.1, 0.15) is 31.2 Å². The molecule has 0 amide bonds. The smallest absolute Gasteiger partial charge is 0.143 e. The van der Waals surface area contributed by atoms with Crippen molar-refractivity contribution in [2.24, 2.45) is 0 Å². The van der Waals surface area contributed by atoms with Gasteiger partial charge in [-0.25, -0.2) is 0 Å². The molecular formula is C15H18Cl2N2OS. The number of thiazole rings is 1. The first kappa shape index (κ1) is 16.6. The van der Waals surface area contributed by atoms with Gasteiger partial charge in [0.2, 0.25) is 0 Å². The molecule has 2 aromatic rings. The van der Waals surface area contributed by atoms with Gasteiger partial charge in [-0.1, -0.05) is 23.2 Å². The van der Waals surface area contributed by atoms with Crippen LogP contribution in [0, 0.1) is 0 Å². The molecule has 114 valence electrons. The minimum Gasteiger partial charge on any atom is -0.486 e. The summed E-state index contributed by atoms with van der Waals surface area (Å²) in [6.45, 7) is 7.42. The first-order valence-electron chi connectivity index (χ1n) is 6.58. The number of hydrogen-bond donors (Lipinski definition) is 1. The maximum atomic E-state index is 6.28. The fourth-order valence-electron chi connectivity index (χ4n) is 1.72. The van der Waals surface area contributed by atoms with E-state index in [-0.39, 0.29) is 5.54 Å². The number of nitrogens with one attached hydrogen (secondary N) is 1. The van der Waals surface area contributed by atoms with Crippen molar-refractivity contribution in [3.63, 3.8) is 0 Å². The highest BCUT2D eigenvalue weighted by molar-refractivity contribution is 7.09. The topological polar surface area (TPSA) is 34.1 Å². The molecule has 0 fully saturated rings. The van der Waals surface area contributed by atoms with Crippen LogP contribution in [0.25, 0.3) is 0 Å². The molecule has 0 bridgehead atoms. The molecule has 0 saturated carbocycles. The van der Waals surface area contributed by atoms with Crippen molar-refractivity contribution in [3.05, 3.63) is 44.3 Å². The number of hydrogen-bond acceptors (Lipinski definition) is 4. The summed E-state index contributed by atoms with van der Waals surface area (Å²) in [7, 11) is 0. The summed E-state index contributed by atoms with van der Waals surface area (Å²) >= 11 is 13.9. The van der Waals surface area contributed by atoms with E-state index in [4.69, 9.17) is 27.9 Å². The normalized spacial score (nSPS) is 11.7. The van der Waals surface area contributed by atoms with Crippen LogP contribution in [-0.2, 0) is 13.2 Å². The van der Waals surface area contributed by atoms with E-state index in [9.17, 15) is 0 Å². The van der Waals surface area contributed by atoms with Crippen molar-refractivity contribution in [2.75, 3.05) is 0 Å². The van der Waals surface area contributed by atoms with Crippen LogP contribution in [0.3, 0.4) is 0 Å². The van der Waals surface area contributed by atoms with Gasteiger partial charge in [-0.3, -0.25) is 4.98 Å². The van der Waals surface area contributed by atoms with Gasteiger partial charge < -0.3 is 10.1 Å². The van der Waals surface area contributed by atoms with Gasteiger partial charge in [-0.15, -0.1) is 11.3 Å². The van der Waals surface area contributed by atoms with Gasteiger partial charge in [0.05, 0.1) is 15.4 Å². The molecule has 1 aromatic heterocycles. The molecule has 21 heavy (non-hydrogen) atoms. The van der Waals surface area contributed by atoms with Crippen LogP contribution in [0.4, 0.5) is 0 Å². The number of benzene rings is 1. The average molecular weight is 345 g/mol. The zero-order chi connectivity index (χ0) is 15.5. The molecule has 0 spiro atoms. The summed E-state index contributed by atoms with van der Waals surface area (Å²) in [4.78, 5) is 5.09. The third kappa shape index (κ3) is 5.15. The monoisotopic (exact) mass is 344 g/mol. The Balaban J connectivity index is 2.17. The lowest BCUT2D eigenvalue weighted by molar-refractivity contribution is 0.303. The maximum Gasteiger partial charge on any atom is 0.143 e. The molecule has 2 rings (SSSR count). The molecule has 1 N–H and O–H groups in total. The van der Waals surface area contributed by atoms with E-state index in [0.29, 0.717) is 28.9 Å². The molecule has 0 aliphatic carbocycles. The van der Waals surface area contributed by atoms with Gasteiger partial charge in [0.1, 0.15) is 12.4 Å². The molecule has 1 aromatic carbocycles. The van der Waals surface area contributed by atoms with Crippen LogP contribution >= 0.6 is 34.5 Å². The van der Waals surface area contributed by atoms with E-state index in [0.717, 1.165) is 10.4 Å². The second-order valence-corrected chi connectivity index (χ2v) is 7.55. The summed E-state index contributed by atoms with van der Waals surface area (Å²) in [5, 5.41) is 4.55. The van der Waals surface area contributed by atoms with Crippen LogP contribution in [0.2, 0.25) is 10.0 Å². The lowest BCUT2D eigenvalue weighted by atomic mass is 10.1. The lowest BCUT2D eigenvalue weighted by Crippen LogP contribution is -2.35. The van der Waals surface area contributed by atoms with Crippen LogP contribution in [0.15, 0.2) is 23.8 Å². The summed E-state index contributed by atoms with van der Waals surface area (Å²) < 4.78 is 5.87. The van der Waals surface area contributed by atoms with E-state index in [1.165, 1.54) is 0 Å². The van der Waals surface area contributed by atoms with Gasteiger partial charge in [0.15, 0.2) is 0 Å². The molecule has 0 atom stereocenters. The Bertz CT molecular complexity index is 594. The average Bonchev–Trinajstić information content (AvgIpc) is 2.87. The summed E-state index contributed by atoms with van der Waals surface area (Å²) in [5.41, 5.74) is 2.74. The van der Waals surface area contributed by atoms with Gasteiger partial charge in [-0.2, -0.15) is 0 Å². The summed E-state index contributed by atoms with van der Waals surface area (Å²) in [5.74, 6) is 0.672. The predicted molar refractivity (Wildman–Crippen MR) is 89.5 cm³/mol. The molecular weight excluding hydrogens is 327 g/mol. The summed E-state index contributed by atoms with van der Waals surface area (Å²) in [6.07, 6.45) is 1.79. The van der Waals surface area contributed by atoms with Crippen molar-refractivity contribution in [1.29, 1.82) is 0 Å². The molecule has 0 aliphatic rings. The Kier molecular flexibility index (Phi) is 5.49. The fraction of sp³-hybridized carbons (Fsp3) is 0.400. The Labute approximate surface area is 139 Å². The number of aromatic nitrogens is 1. The third-order valence-corrected chi connectivity index (χ3v) is 3.99. The molecule has 3 nitrogen and oxygen atoms in total. The summed E-state index contributed by atoms with van der Waals surface area (Å²) in [6, 6.07) is 3.58. The van der Waals surface area contributed by atoms with Crippen molar-refractivity contribution < 1.29 is 4.74 Å². The molecule has 0 saturated heterocycles. The maximum absolute atomic E-state index is 6.28. The first-order chi connectivity index (χ1) is 9.85. The van der Waals surface area contributed by atoms with Crippen LogP contribution < -0.4 is 10.1 Å². The molecule has 0 aliphatic heterocycles. The number of halogens is 2. The SMILES string of the molecule is CC(C)(C)NCc1cc(Cl)cc(Cl)c1OCc1cncs1. The molecule has 0 unspecified atom stereocenters. The highest BCUT2D eigenvalue weighted by Gasteiger charge is 2.15. The quantitative estimate of drug-likeness (QED) is 0.835. The number of rotatable bonds is 5. The zero-order valence-corrected chi connectivity index (χ0v) is 14.6. The predicted octanol–water partition coefficient (Wildman–Crippen LogP) is 4.92. The zero-order valence-electron chi connectivity index (χ0n) is 12.2. The first-order valence-corrected chi connectivity index (χ1v) is 8.22. The van der Waals surface area contributed by atoms with Crippen LogP contribution in [-0.4, -0.2) is 10.5 Å². The van der Waals surface area contributed by atoms with Crippen molar-refractivity contribution in [2.45, 2.75) is 39.5 Å². The molecule has 0 radical (unpaired) electrons. The Morgan fingerprint density at radius 3 is 2.67 bits per heavy atom. The largest absolute Gasteiger partial charge is 0.486 e. The molecule has 1 heterocycles. The molecule has 6 heteroatoms. The fourth-order valence-corrected chi connectivity index (χ4v) is 2.82. The van der Waals surface area contributed by atoms with E-state index in [2.05, 4.69) is 31.1 Å². The van der Waals surface area contributed by atoms with E-state index >= 15 is 0 Å². The van der Waals surface area contributed by atoms with E-state index in [1.807, 2.05) is 6.07 Å². The highest BCUT2D eigenvalue weighted by atomic mass is 35.5. The van der Waals surface area contributed by atoms with Crippen LogP contribution in [0.5, 0.6) is 5.75 Å². The van der Waals surface area contributed by atoms with Gasteiger partial charge in [0.25, 0.3) is 0 Å². The van der Waals surface area contributed by atoms with Gasteiger partial charge >= 0.3 is 0 Å². The number of ether oxygens (including phenoxy) is 1. The Morgan fingerprint density at radius 2 is 2.05 bits per heavy atom. The second-order valence-electron chi connectivity index (χ2n) is 5.74. The number of nitrogens with zero attached hydrogens (tertiary/aromatic N) is 1. The van der Waals surface area contributed by atoms with Gasteiger partial charge in [-0.05, 0) is 32.9 Å². The van der Waals surface area contributed by atoms with Crippen molar-refractivity contribution in [3.8, 4) is 5.75 Å². The third-order valence-electron chi connectivity index (χ3n) is 2.74. The minimum absolute atomic E-state index is 0.00371. The Morgan fingerprint density at radius 1 is 1.29 bits per heavy atom. The van der Waals surface area contributed by atoms with Crippen molar-refractivity contribution >= 4 is 34.5 Å². The standard InChI is InChI=1S/C15H18Cl2N2OS/c1-15(2,3)19-6-10-4-11(16)5-13(17)14(10)20-8-12-7-18-9-21-12/h4-5,7,9,19H,6,8H2,1-3H3. The van der Waals surface area contributed by atoms with E-state index < -0.39 is 0 Å². The second kappa shape index (κ2) is 6.97. The highest BCUT2D eigenvalue weighted by Crippen LogP contribution is 2.33. The van der Waals surface area contributed by atoms with Crippen molar-refractivity contribution in [1.82, 2.24) is 10.3 Å². The van der Waals surface area contributed by atoms with Gasteiger partial charge in [0, 0.05) is 28.9 Å². The van der Waals surface area contributed by atoms with E-state index in [1.54, 1.807) is 29.1 Å². The Hall–Kier alpha value is -0.810.